The maximum absolute atomic E-state index is 7.46. The Morgan fingerprint density at radius 3 is 0.788 bits per heavy atom. The van der Waals surface area contributed by atoms with Crippen LogP contribution in [0.15, 0.2) is 121 Å². The van der Waals surface area contributed by atoms with Crippen LogP contribution in [0.5, 0.6) is 0 Å². The van der Waals surface area contributed by atoms with Gasteiger partial charge < -0.3 is 11.5 Å². The van der Waals surface area contributed by atoms with E-state index >= 15 is 0 Å². The van der Waals surface area contributed by atoms with Gasteiger partial charge in [0.1, 0.15) is 0 Å². The summed E-state index contributed by atoms with van der Waals surface area (Å²) in [5, 5.41) is 5.63. The molecule has 0 spiro atoms. The summed E-state index contributed by atoms with van der Waals surface area (Å²) in [7, 11) is -1.48. The second-order valence-corrected chi connectivity index (χ2v) is 12.6. The van der Waals surface area contributed by atoms with Gasteiger partial charge in [0.2, 0.25) is 0 Å². The first kappa shape index (κ1) is 27.6. The van der Waals surface area contributed by atoms with E-state index in [-0.39, 0.29) is 21.1 Å². The van der Waals surface area contributed by atoms with Crippen LogP contribution in [0.25, 0.3) is 11.5 Å². The third kappa shape index (κ3) is 8.90. The molecule has 2 nitrogen and oxygen atoms in total. The summed E-state index contributed by atoms with van der Waals surface area (Å²) in [4.78, 5) is 0. The summed E-state index contributed by atoms with van der Waals surface area (Å²) in [5.41, 5.74) is 14.9. The van der Waals surface area contributed by atoms with E-state index < -0.39 is 15.8 Å². The van der Waals surface area contributed by atoms with Crippen molar-refractivity contribution >= 4 is 37.1 Å². The second-order valence-electron chi connectivity index (χ2n) is 7.42. The molecule has 0 fully saturated rings. The van der Waals surface area contributed by atoms with E-state index in [0.717, 1.165) is 12.3 Å². The van der Waals surface area contributed by atoms with Gasteiger partial charge >= 0.3 is 21.1 Å². The van der Waals surface area contributed by atoms with Crippen LogP contribution >= 0.6 is 15.8 Å². The van der Waals surface area contributed by atoms with E-state index in [1.54, 1.807) is 0 Å². The fourth-order valence-electron chi connectivity index (χ4n) is 3.72. The molecular weight excluding hydrogens is 621 g/mol. The molecule has 0 unspecified atom stereocenters. The molecule has 33 heavy (non-hydrogen) atoms. The van der Waals surface area contributed by atoms with Gasteiger partial charge in [-0.1, -0.05) is 72.8 Å². The molecule has 5 heteroatoms. The fourth-order valence-corrected chi connectivity index (χ4v) is 8.42. The van der Waals surface area contributed by atoms with Crippen molar-refractivity contribution in [2.24, 2.45) is 0 Å². The van der Waals surface area contributed by atoms with E-state index in [1.165, 1.54) is 21.2 Å². The van der Waals surface area contributed by atoms with Crippen molar-refractivity contribution in [3.05, 3.63) is 133 Å². The van der Waals surface area contributed by atoms with Crippen molar-refractivity contribution in [2.75, 3.05) is 25.4 Å². The minimum absolute atomic E-state index is 0. The van der Waals surface area contributed by atoms with Crippen LogP contribution < -0.4 is 21.2 Å². The Hall–Kier alpha value is -1.65. The van der Waals surface area contributed by atoms with Gasteiger partial charge in [0.25, 0.3) is 0 Å². The van der Waals surface area contributed by atoms with Crippen molar-refractivity contribution in [3.8, 4) is 0 Å². The average Bonchev–Trinajstić information content (AvgIpc) is 2.88. The van der Waals surface area contributed by atoms with Gasteiger partial charge in [0, 0.05) is 12.3 Å². The summed E-state index contributed by atoms with van der Waals surface area (Å²) in [6, 6.07) is 42.5. The molecule has 0 bridgehead atoms. The maximum atomic E-state index is 7.46. The molecule has 0 amide bonds. The molecular formula is C28H32N2P2Pt+2. The Bertz CT molecular complexity index is 839. The Kier molecular flexibility index (Phi) is 13.4. The molecule has 4 aromatic rings. The standard InChI is InChI=1S/2C14H15NP.Pt/c2*15-11-12-16(13-7-3-1-4-8-13)14-9-5-2-6-10-14;/h2*1-10,15H,11-12H2;/q2*-1;+2/p+2. The van der Waals surface area contributed by atoms with Crippen molar-refractivity contribution in [3.63, 3.8) is 0 Å². The zero-order chi connectivity index (χ0) is 22.4. The molecule has 4 aromatic carbocycles. The Balaban J connectivity index is 0.000000227. The zero-order valence-electron chi connectivity index (χ0n) is 18.7. The molecule has 0 aliphatic carbocycles. The summed E-state index contributed by atoms with van der Waals surface area (Å²) in [6.07, 6.45) is 1.97. The summed E-state index contributed by atoms with van der Waals surface area (Å²) < 4.78 is 0. The predicted octanol–water partition coefficient (Wildman–Crippen LogP) is 5.81. The summed E-state index contributed by atoms with van der Waals surface area (Å²) in [5.74, 6) is 0. The van der Waals surface area contributed by atoms with Crippen LogP contribution in [-0.4, -0.2) is 25.4 Å². The molecule has 0 aliphatic rings. The maximum Gasteiger partial charge on any atom is 2.00 e. The van der Waals surface area contributed by atoms with Crippen molar-refractivity contribution in [2.45, 2.75) is 0 Å². The molecule has 0 saturated carbocycles. The SMILES string of the molecule is [NH-]CC[PH+](c1ccccc1)c1ccccc1.[NH-]CC[PH+](c1ccccc1)c1ccccc1.[Pt+2]. The zero-order valence-corrected chi connectivity index (χ0v) is 23.0. The molecule has 0 radical (unpaired) electrons. The largest absolute Gasteiger partial charge is 2.00 e. The van der Waals surface area contributed by atoms with Crippen molar-refractivity contribution < 1.29 is 21.1 Å². The van der Waals surface area contributed by atoms with E-state index in [2.05, 4.69) is 121 Å². The molecule has 0 heterocycles. The van der Waals surface area contributed by atoms with E-state index in [4.69, 9.17) is 11.5 Å². The van der Waals surface area contributed by atoms with Gasteiger partial charge in [-0.05, 0) is 48.5 Å². The monoisotopic (exact) mass is 653 g/mol. The molecule has 0 atom stereocenters. The molecule has 2 N–H and O–H groups in total. The average molecular weight is 654 g/mol. The molecule has 172 valence electrons. The third-order valence-electron chi connectivity index (χ3n) is 5.24. The topological polar surface area (TPSA) is 47.6 Å². The van der Waals surface area contributed by atoms with Crippen LogP contribution in [0, 0.1) is 0 Å². The Labute approximate surface area is 215 Å². The van der Waals surface area contributed by atoms with Gasteiger partial charge in [-0.2, -0.15) is 0 Å². The van der Waals surface area contributed by atoms with Gasteiger partial charge in [-0.15, -0.1) is 13.1 Å². The van der Waals surface area contributed by atoms with Gasteiger partial charge in [-0.3, -0.25) is 0 Å². The summed E-state index contributed by atoms with van der Waals surface area (Å²) >= 11 is 0. The smallest absolute Gasteiger partial charge is 0.674 e. The van der Waals surface area contributed by atoms with Gasteiger partial charge in [0.05, 0.1) is 37.1 Å². The number of benzene rings is 4. The van der Waals surface area contributed by atoms with Crippen molar-refractivity contribution in [1.29, 1.82) is 0 Å². The van der Waals surface area contributed by atoms with Crippen LogP contribution in [0.2, 0.25) is 0 Å². The van der Waals surface area contributed by atoms with Gasteiger partial charge in [0.15, 0.2) is 0 Å². The van der Waals surface area contributed by atoms with E-state index in [0.29, 0.717) is 13.1 Å². The molecule has 0 aliphatic heterocycles. The fraction of sp³-hybridized carbons (Fsp3) is 0.143. The number of hydrogen-bond acceptors (Lipinski definition) is 0. The third-order valence-corrected chi connectivity index (χ3v) is 10.9. The molecule has 0 saturated heterocycles. The van der Waals surface area contributed by atoms with Crippen LogP contribution in [0.4, 0.5) is 0 Å². The number of nitrogens with one attached hydrogen (secondary N) is 2. The Morgan fingerprint density at radius 1 is 0.394 bits per heavy atom. The van der Waals surface area contributed by atoms with Crippen LogP contribution in [0.3, 0.4) is 0 Å². The van der Waals surface area contributed by atoms with Crippen LogP contribution in [0.1, 0.15) is 0 Å². The number of rotatable bonds is 8. The molecule has 0 aromatic heterocycles. The normalized spacial score (nSPS) is 10.3. The van der Waals surface area contributed by atoms with Crippen LogP contribution in [-0.2, 0) is 21.1 Å². The first-order valence-electron chi connectivity index (χ1n) is 11.1. The summed E-state index contributed by atoms with van der Waals surface area (Å²) in [6.45, 7) is 1.02. The Morgan fingerprint density at radius 2 is 0.606 bits per heavy atom. The first-order valence-corrected chi connectivity index (χ1v) is 14.5. The molecule has 4 rings (SSSR count). The van der Waals surface area contributed by atoms with Gasteiger partial charge in [-0.25, -0.2) is 0 Å². The predicted molar refractivity (Wildman–Crippen MR) is 149 cm³/mol. The van der Waals surface area contributed by atoms with E-state index in [1.807, 2.05) is 0 Å². The van der Waals surface area contributed by atoms with E-state index in [9.17, 15) is 0 Å². The van der Waals surface area contributed by atoms with Crippen molar-refractivity contribution in [1.82, 2.24) is 0 Å². The first-order chi connectivity index (χ1) is 15.8. The number of hydrogen-bond donors (Lipinski definition) is 0. The minimum atomic E-state index is -0.738. The second kappa shape index (κ2) is 16.1. The minimum Gasteiger partial charge on any atom is -0.674 e. The quantitative estimate of drug-likeness (QED) is 0.216.